The van der Waals surface area contributed by atoms with Gasteiger partial charge in [-0.25, -0.2) is 9.07 Å². The molecule has 0 N–H and O–H groups in total. The van der Waals surface area contributed by atoms with Crippen LogP contribution < -0.4 is 10.3 Å². The Bertz CT molecular complexity index is 1140. The molecule has 0 bridgehead atoms. The summed E-state index contributed by atoms with van der Waals surface area (Å²) in [6, 6.07) is 13.5. The number of nitrogens with zero attached hydrogens (tertiary/aromatic N) is 3. The van der Waals surface area contributed by atoms with E-state index in [0.29, 0.717) is 12.2 Å². The Morgan fingerprint density at radius 2 is 1.97 bits per heavy atom. The normalized spacial score (nSPS) is 13.3. The maximum atomic E-state index is 14.3. The number of anilines is 1. The number of para-hydroxylation sites is 2. The second-order valence-electron chi connectivity index (χ2n) is 7.20. The third-order valence-electron chi connectivity index (χ3n) is 5.32. The fourth-order valence-electron chi connectivity index (χ4n) is 3.91. The molecule has 0 saturated heterocycles. The first-order valence-corrected chi connectivity index (χ1v) is 9.79. The first-order chi connectivity index (χ1) is 14.0. The number of hydrogen-bond acceptors (Lipinski definition) is 3. The van der Waals surface area contributed by atoms with Crippen LogP contribution in [0.5, 0.6) is 0 Å². The Morgan fingerprint density at radius 1 is 1.17 bits per heavy atom. The zero-order valence-electron chi connectivity index (χ0n) is 16.5. The highest BCUT2D eigenvalue weighted by atomic mass is 19.1. The van der Waals surface area contributed by atoms with Crippen LogP contribution in [-0.2, 0) is 12.8 Å². The van der Waals surface area contributed by atoms with Crippen LogP contribution in [0.4, 0.5) is 10.1 Å². The second-order valence-corrected chi connectivity index (χ2v) is 7.20. The molecule has 3 aromatic rings. The number of benzene rings is 2. The number of fused-ring (bicyclic) bond motifs is 1. The lowest BCUT2D eigenvalue weighted by Crippen LogP contribution is -2.40. The minimum absolute atomic E-state index is 0.197. The average Bonchev–Trinajstić information content (AvgIpc) is 2.73. The molecule has 0 aliphatic carbocycles. The summed E-state index contributed by atoms with van der Waals surface area (Å²) in [6.45, 7) is 4.24. The van der Waals surface area contributed by atoms with Crippen molar-refractivity contribution in [3.63, 3.8) is 0 Å². The third-order valence-corrected chi connectivity index (χ3v) is 5.32. The van der Waals surface area contributed by atoms with Gasteiger partial charge in [-0.05, 0) is 49.4 Å². The van der Waals surface area contributed by atoms with Crippen molar-refractivity contribution >= 4 is 11.6 Å². The zero-order valence-corrected chi connectivity index (χ0v) is 16.5. The molecule has 6 heteroatoms. The summed E-state index contributed by atoms with van der Waals surface area (Å²) in [7, 11) is 0. The molecule has 1 aliphatic heterocycles. The van der Waals surface area contributed by atoms with Crippen LogP contribution in [0.15, 0.2) is 53.3 Å². The van der Waals surface area contributed by atoms with Gasteiger partial charge in [0.05, 0.1) is 5.69 Å². The third kappa shape index (κ3) is 3.35. The summed E-state index contributed by atoms with van der Waals surface area (Å²) in [5.74, 6) is -0.913. The summed E-state index contributed by atoms with van der Waals surface area (Å²) < 4.78 is 15.6. The van der Waals surface area contributed by atoms with Crippen LogP contribution in [0, 0.1) is 12.7 Å². The van der Waals surface area contributed by atoms with E-state index in [2.05, 4.69) is 5.10 Å². The van der Waals surface area contributed by atoms with Gasteiger partial charge < -0.3 is 4.90 Å². The van der Waals surface area contributed by atoms with Crippen molar-refractivity contribution in [1.82, 2.24) is 9.78 Å². The van der Waals surface area contributed by atoms with E-state index in [1.807, 2.05) is 25.1 Å². The van der Waals surface area contributed by atoms with Crippen LogP contribution in [0.25, 0.3) is 5.69 Å². The molecule has 1 amide bonds. The molecule has 29 heavy (non-hydrogen) atoms. The average molecular weight is 391 g/mol. The zero-order chi connectivity index (χ0) is 20.5. The molecule has 0 atom stereocenters. The van der Waals surface area contributed by atoms with Gasteiger partial charge in [-0.3, -0.25) is 9.59 Å². The summed E-state index contributed by atoms with van der Waals surface area (Å²) in [6.07, 6.45) is 2.50. The van der Waals surface area contributed by atoms with Gasteiger partial charge in [0.1, 0.15) is 11.5 Å². The maximum absolute atomic E-state index is 14.3. The molecule has 0 radical (unpaired) electrons. The Morgan fingerprint density at radius 3 is 2.72 bits per heavy atom. The van der Waals surface area contributed by atoms with Gasteiger partial charge in [0.25, 0.3) is 5.91 Å². The molecule has 2 aromatic carbocycles. The van der Waals surface area contributed by atoms with E-state index in [4.69, 9.17) is 0 Å². The predicted octanol–water partition coefficient (Wildman–Crippen LogP) is 3.84. The van der Waals surface area contributed by atoms with Gasteiger partial charge in [-0.1, -0.05) is 37.3 Å². The Labute approximate surface area is 168 Å². The number of amides is 1. The first-order valence-electron chi connectivity index (χ1n) is 9.79. The number of aryl methyl sites for hydroxylation is 3. The molecule has 1 aromatic heterocycles. The molecular formula is C23H22FN3O2. The van der Waals surface area contributed by atoms with Crippen molar-refractivity contribution in [3.05, 3.63) is 87.1 Å². The van der Waals surface area contributed by atoms with Gasteiger partial charge in [0.2, 0.25) is 5.43 Å². The van der Waals surface area contributed by atoms with Crippen LogP contribution in [0.1, 0.15) is 40.7 Å². The largest absolute Gasteiger partial charge is 0.306 e. The molecule has 5 nitrogen and oxygen atoms in total. The van der Waals surface area contributed by atoms with Crippen LogP contribution in [0.3, 0.4) is 0 Å². The molecule has 2 heterocycles. The predicted molar refractivity (Wildman–Crippen MR) is 110 cm³/mol. The summed E-state index contributed by atoms with van der Waals surface area (Å²) >= 11 is 0. The number of carbonyl (C=O) groups excluding carboxylic acids is 1. The summed E-state index contributed by atoms with van der Waals surface area (Å²) in [5, 5.41) is 4.28. The minimum Gasteiger partial charge on any atom is -0.306 e. The van der Waals surface area contributed by atoms with Crippen LogP contribution in [0.2, 0.25) is 0 Å². The van der Waals surface area contributed by atoms with E-state index in [1.165, 1.54) is 16.8 Å². The first kappa shape index (κ1) is 19.1. The van der Waals surface area contributed by atoms with E-state index in [-0.39, 0.29) is 11.4 Å². The van der Waals surface area contributed by atoms with Crippen molar-refractivity contribution in [2.45, 2.75) is 33.1 Å². The lowest BCUT2D eigenvalue weighted by molar-refractivity contribution is 0.0977. The molecule has 4 rings (SSSR count). The van der Waals surface area contributed by atoms with E-state index < -0.39 is 17.2 Å². The SMILES string of the molecule is CCc1cccc2c1N(C(=O)c1nn(-c3ccccc3F)c(C)cc1=O)CCC2. The van der Waals surface area contributed by atoms with Gasteiger partial charge in [-0.15, -0.1) is 0 Å². The van der Waals surface area contributed by atoms with Gasteiger partial charge in [-0.2, -0.15) is 5.10 Å². The fourth-order valence-corrected chi connectivity index (χ4v) is 3.91. The van der Waals surface area contributed by atoms with E-state index in [1.54, 1.807) is 30.0 Å². The highest BCUT2D eigenvalue weighted by Crippen LogP contribution is 2.32. The second kappa shape index (κ2) is 7.62. The molecular weight excluding hydrogens is 369 g/mol. The van der Waals surface area contributed by atoms with Crippen LogP contribution >= 0.6 is 0 Å². The molecule has 1 aliphatic rings. The van der Waals surface area contributed by atoms with Gasteiger partial charge in [0.15, 0.2) is 5.69 Å². The van der Waals surface area contributed by atoms with Crippen molar-refractivity contribution in [2.24, 2.45) is 0 Å². The highest BCUT2D eigenvalue weighted by Gasteiger charge is 2.28. The van der Waals surface area contributed by atoms with Crippen molar-refractivity contribution in [2.75, 3.05) is 11.4 Å². The van der Waals surface area contributed by atoms with E-state index in [0.717, 1.165) is 36.1 Å². The van der Waals surface area contributed by atoms with Gasteiger partial charge in [0, 0.05) is 18.3 Å². The summed E-state index contributed by atoms with van der Waals surface area (Å²) in [5.41, 5.74) is 3.06. The number of hydrogen-bond donors (Lipinski definition) is 0. The Balaban J connectivity index is 1.83. The lowest BCUT2D eigenvalue weighted by Gasteiger charge is -2.31. The highest BCUT2D eigenvalue weighted by molar-refractivity contribution is 6.05. The van der Waals surface area contributed by atoms with Crippen molar-refractivity contribution in [3.8, 4) is 5.69 Å². The number of halogens is 1. The Hall–Kier alpha value is -3.28. The molecule has 148 valence electrons. The fraction of sp³-hybridized carbons (Fsp3) is 0.261. The Kier molecular flexibility index (Phi) is 5.01. The smallest absolute Gasteiger partial charge is 0.282 e. The van der Waals surface area contributed by atoms with E-state index >= 15 is 0 Å². The lowest BCUT2D eigenvalue weighted by atomic mass is 9.96. The number of carbonyl (C=O) groups is 1. The van der Waals surface area contributed by atoms with E-state index in [9.17, 15) is 14.0 Å². The summed E-state index contributed by atoms with van der Waals surface area (Å²) in [4.78, 5) is 27.7. The monoisotopic (exact) mass is 391 g/mol. The van der Waals surface area contributed by atoms with Gasteiger partial charge >= 0.3 is 0 Å². The standard InChI is InChI=1S/C23H22FN3O2/c1-3-16-8-6-9-17-10-7-13-26(22(16)17)23(29)21-20(28)14-15(2)27(25-21)19-12-5-4-11-18(19)24/h4-6,8-9,11-12,14H,3,7,10,13H2,1-2H3. The molecule has 0 spiro atoms. The quantitative estimate of drug-likeness (QED) is 0.682. The molecule has 0 fully saturated rings. The van der Waals surface area contributed by atoms with Crippen LogP contribution in [-0.4, -0.2) is 22.2 Å². The number of rotatable bonds is 3. The molecule has 0 saturated carbocycles. The minimum atomic E-state index is -0.471. The number of aromatic nitrogens is 2. The molecule has 0 unspecified atom stereocenters. The van der Waals surface area contributed by atoms with Crippen molar-refractivity contribution in [1.29, 1.82) is 0 Å². The van der Waals surface area contributed by atoms with Crippen molar-refractivity contribution < 1.29 is 9.18 Å². The topological polar surface area (TPSA) is 55.2 Å². The maximum Gasteiger partial charge on any atom is 0.282 e.